The lowest BCUT2D eigenvalue weighted by Gasteiger charge is -2.05. The van der Waals surface area contributed by atoms with Crippen molar-refractivity contribution < 1.29 is 4.79 Å². The summed E-state index contributed by atoms with van der Waals surface area (Å²) >= 11 is 0. The van der Waals surface area contributed by atoms with Gasteiger partial charge in [-0.05, 0) is 24.2 Å². The molecule has 122 valence electrons. The highest BCUT2D eigenvalue weighted by Crippen LogP contribution is 2.11. The van der Waals surface area contributed by atoms with Crippen LogP contribution in [0.25, 0.3) is 0 Å². The quantitative estimate of drug-likeness (QED) is 0.472. The highest BCUT2D eigenvalue weighted by Gasteiger charge is 2.06. The van der Waals surface area contributed by atoms with Crippen molar-refractivity contribution in [1.29, 1.82) is 0 Å². The summed E-state index contributed by atoms with van der Waals surface area (Å²) in [5, 5.41) is 0. The molecular formula is C19H40O. The third kappa shape index (κ3) is 20.0. The maximum atomic E-state index is 11.1. The van der Waals surface area contributed by atoms with Gasteiger partial charge in [0.1, 0.15) is 5.78 Å². The molecule has 0 rings (SSSR count). The van der Waals surface area contributed by atoms with Crippen LogP contribution in [0.15, 0.2) is 0 Å². The first kappa shape index (κ1) is 22.0. The number of ketones is 1. The zero-order valence-electron chi connectivity index (χ0n) is 15.5. The van der Waals surface area contributed by atoms with Gasteiger partial charge in [-0.1, -0.05) is 81.1 Å². The summed E-state index contributed by atoms with van der Waals surface area (Å²) in [5.41, 5.74) is 0. The van der Waals surface area contributed by atoms with E-state index in [-0.39, 0.29) is 5.92 Å². The van der Waals surface area contributed by atoms with Gasteiger partial charge in [-0.15, -0.1) is 0 Å². The van der Waals surface area contributed by atoms with E-state index in [1.165, 1.54) is 25.7 Å². The van der Waals surface area contributed by atoms with Crippen molar-refractivity contribution in [2.75, 3.05) is 0 Å². The normalized spacial score (nSPS) is 11.2. The van der Waals surface area contributed by atoms with Gasteiger partial charge < -0.3 is 0 Å². The number of hydrogen-bond donors (Lipinski definition) is 0. The monoisotopic (exact) mass is 284 g/mol. The van der Waals surface area contributed by atoms with Crippen LogP contribution < -0.4 is 0 Å². The van der Waals surface area contributed by atoms with Gasteiger partial charge in [-0.3, -0.25) is 4.79 Å². The lowest BCUT2D eigenvalue weighted by molar-refractivity contribution is -0.122. The zero-order valence-corrected chi connectivity index (χ0v) is 15.5. The Kier molecular flexibility index (Phi) is 15.0. The highest BCUT2D eigenvalue weighted by molar-refractivity contribution is 5.80. The van der Waals surface area contributed by atoms with Gasteiger partial charge in [-0.2, -0.15) is 0 Å². The van der Waals surface area contributed by atoms with Crippen molar-refractivity contribution in [3.8, 4) is 0 Å². The molecule has 0 aromatic heterocycles. The summed E-state index contributed by atoms with van der Waals surface area (Å²) in [6.07, 6.45) is 7.23. The lowest BCUT2D eigenvalue weighted by atomic mass is 10.00. The summed E-state index contributed by atoms with van der Waals surface area (Å²) in [5.74, 6) is 3.15. The Morgan fingerprint density at radius 1 is 0.650 bits per heavy atom. The highest BCUT2D eigenvalue weighted by atomic mass is 16.1. The molecule has 0 aliphatic carbocycles. The van der Waals surface area contributed by atoms with Gasteiger partial charge >= 0.3 is 0 Å². The summed E-state index contributed by atoms with van der Waals surface area (Å²) in [7, 11) is 0. The molecule has 0 saturated carbocycles. The Balaban J connectivity index is 0. The average molecular weight is 285 g/mol. The van der Waals surface area contributed by atoms with Gasteiger partial charge in [0.05, 0.1) is 0 Å². The molecule has 20 heavy (non-hydrogen) atoms. The Morgan fingerprint density at radius 3 is 1.30 bits per heavy atom. The van der Waals surface area contributed by atoms with E-state index in [1.807, 2.05) is 13.8 Å². The fourth-order valence-electron chi connectivity index (χ4n) is 1.91. The average Bonchev–Trinajstić information content (AvgIpc) is 2.27. The first-order chi connectivity index (χ1) is 9.16. The Hall–Kier alpha value is -0.330. The van der Waals surface area contributed by atoms with Gasteiger partial charge in [0.2, 0.25) is 0 Å². The largest absolute Gasteiger partial charge is 0.299 e. The molecule has 0 N–H and O–H groups in total. The smallest absolute Gasteiger partial charge is 0.135 e. The van der Waals surface area contributed by atoms with Crippen LogP contribution in [0.1, 0.15) is 93.9 Å². The van der Waals surface area contributed by atoms with Crippen LogP contribution in [-0.2, 0) is 4.79 Å². The minimum absolute atomic E-state index is 0.224. The number of hydrogen-bond acceptors (Lipinski definition) is 1. The number of carbonyl (C=O) groups is 1. The van der Waals surface area contributed by atoms with Crippen LogP contribution in [0.5, 0.6) is 0 Å². The SMILES string of the molecule is CC(C)CCCC(=O)C(C)C.CC(C)CCCC(C)C. The molecule has 0 spiro atoms. The van der Waals surface area contributed by atoms with E-state index < -0.39 is 0 Å². The van der Waals surface area contributed by atoms with E-state index in [9.17, 15) is 4.79 Å². The molecule has 0 aromatic carbocycles. The van der Waals surface area contributed by atoms with Crippen LogP contribution in [0.3, 0.4) is 0 Å². The van der Waals surface area contributed by atoms with Crippen molar-refractivity contribution in [2.24, 2.45) is 23.7 Å². The molecule has 0 radical (unpaired) electrons. The van der Waals surface area contributed by atoms with Crippen molar-refractivity contribution in [2.45, 2.75) is 93.9 Å². The molecule has 0 atom stereocenters. The van der Waals surface area contributed by atoms with Crippen LogP contribution >= 0.6 is 0 Å². The topological polar surface area (TPSA) is 17.1 Å². The maximum absolute atomic E-state index is 11.1. The Labute approximate surface area is 128 Å². The standard InChI is InChI=1S/C10H20O.C9H20/c1-8(2)6-5-7-10(11)9(3)4;1-8(2)6-5-7-9(3)4/h8-9H,5-7H2,1-4H3;8-9H,5-7H2,1-4H3. The van der Waals surface area contributed by atoms with E-state index in [4.69, 9.17) is 0 Å². The van der Waals surface area contributed by atoms with Gasteiger partial charge in [0.25, 0.3) is 0 Å². The second-order valence-corrected chi connectivity index (χ2v) is 7.63. The van der Waals surface area contributed by atoms with Gasteiger partial charge in [0, 0.05) is 12.3 Å². The van der Waals surface area contributed by atoms with Crippen molar-refractivity contribution in [3.63, 3.8) is 0 Å². The number of carbonyl (C=O) groups excluding carboxylic acids is 1. The predicted octanol–water partition coefficient (Wildman–Crippen LogP) is 6.51. The number of Topliss-reactive ketones (excluding diaryl/α,β-unsaturated/α-hetero) is 1. The minimum Gasteiger partial charge on any atom is -0.299 e. The first-order valence-electron chi connectivity index (χ1n) is 8.69. The molecule has 0 aliphatic heterocycles. The second kappa shape index (κ2) is 13.6. The Morgan fingerprint density at radius 2 is 1.00 bits per heavy atom. The van der Waals surface area contributed by atoms with E-state index in [0.29, 0.717) is 5.78 Å². The van der Waals surface area contributed by atoms with E-state index in [2.05, 4.69) is 41.5 Å². The van der Waals surface area contributed by atoms with Crippen molar-refractivity contribution in [1.82, 2.24) is 0 Å². The second-order valence-electron chi connectivity index (χ2n) is 7.63. The van der Waals surface area contributed by atoms with E-state index >= 15 is 0 Å². The third-order valence-electron chi connectivity index (χ3n) is 3.41. The number of rotatable bonds is 9. The zero-order chi connectivity index (χ0) is 16.1. The van der Waals surface area contributed by atoms with Crippen LogP contribution in [-0.4, -0.2) is 5.78 Å². The fraction of sp³-hybridized carbons (Fsp3) is 0.947. The molecule has 0 heterocycles. The van der Waals surface area contributed by atoms with E-state index in [1.54, 1.807) is 0 Å². The molecule has 1 nitrogen and oxygen atoms in total. The van der Waals surface area contributed by atoms with Crippen LogP contribution in [0, 0.1) is 23.7 Å². The fourth-order valence-corrected chi connectivity index (χ4v) is 1.91. The van der Waals surface area contributed by atoms with E-state index in [0.717, 1.165) is 30.6 Å². The van der Waals surface area contributed by atoms with Gasteiger partial charge in [0.15, 0.2) is 0 Å². The summed E-state index contributed by atoms with van der Waals surface area (Å²) in [4.78, 5) is 11.1. The lowest BCUT2D eigenvalue weighted by Crippen LogP contribution is -2.06. The van der Waals surface area contributed by atoms with Crippen molar-refractivity contribution >= 4 is 5.78 Å². The Bertz CT molecular complexity index is 206. The molecule has 0 fully saturated rings. The maximum Gasteiger partial charge on any atom is 0.135 e. The molecule has 0 saturated heterocycles. The molecular weight excluding hydrogens is 244 g/mol. The third-order valence-corrected chi connectivity index (χ3v) is 3.41. The summed E-state index contributed by atoms with van der Waals surface area (Å²) in [6, 6.07) is 0. The van der Waals surface area contributed by atoms with Crippen molar-refractivity contribution in [3.05, 3.63) is 0 Å². The van der Waals surface area contributed by atoms with Crippen LogP contribution in [0.4, 0.5) is 0 Å². The molecule has 0 bridgehead atoms. The summed E-state index contributed by atoms with van der Waals surface area (Å²) in [6.45, 7) is 17.5. The minimum atomic E-state index is 0.224. The molecule has 0 amide bonds. The van der Waals surface area contributed by atoms with Gasteiger partial charge in [-0.25, -0.2) is 0 Å². The molecule has 1 heteroatoms. The molecule has 0 aromatic rings. The summed E-state index contributed by atoms with van der Waals surface area (Å²) < 4.78 is 0. The molecule has 0 unspecified atom stereocenters. The molecule has 0 aliphatic rings. The van der Waals surface area contributed by atoms with Crippen LogP contribution in [0.2, 0.25) is 0 Å². The first-order valence-corrected chi connectivity index (χ1v) is 8.69. The predicted molar refractivity (Wildman–Crippen MR) is 92.1 cm³/mol.